The predicted octanol–water partition coefficient (Wildman–Crippen LogP) is 4.26. The molecule has 1 aromatic heterocycles. The molecule has 0 fully saturated rings. The Morgan fingerprint density at radius 3 is 2.75 bits per heavy atom. The lowest BCUT2D eigenvalue weighted by Gasteiger charge is -2.03. The zero-order valence-corrected chi connectivity index (χ0v) is 11.8. The van der Waals surface area contributed by atoms with Crippen molar-refractivity contribution in [1.29, 1.82) is 0 Å². The fourth-order valence-corrected chi connectivity index (χ4v) is 2.68. The molecular formula is C11H7ClINOS. The Morgan fingerprint density at radius 1 is 1.31 bits per heavy atom. The first-order chi connectivity index (χ1) is 7.65. The van der Waals surface area contributed by atoms with Crippen LogP contribution in [0.3, 0.4) is 0 Å². The number of amides is 1. The number of rotatable bonds is 2. The molecule has 0 unspecified atom stereocenters. The van der Waals surface area contributed by atoms with Crippen molar-refractivity contribution < 1.29 is 4.79 Å². The summed E-state index contributed by atoms with van der Waals surface area (Å²) in [5.41, 5.74) is 0.793. The molecule has 1 heterocycles. The summed E-state index contributed by atoms with van der Waals surface area (Å²) in [6.07, 6.45) is 0. The third kappa shape index (κ3) is 2.96. The molecule has 0 bridgehead atoms. The van der Waals surface area contributed by atoms with E-state index in [4.69, 9.17) is 11.6 Å². The van der Waals surface area contributed by atoms with Crippen molar-refractivity contribution in [3.63, 3.8) is 0 Å². The van der Waals surface area contributed by atoms with E-state index in [9.17, 15) is 4.79 Å². The Balaban J connectivity index is 2.13. The molecule has 5 heteroatoms. The molecule has 2 aromatic rings. The van der Waals surface area contributed by atoms with Gasteiger partial charge < -0.3 is 5.32 Å². The lowest BCUT2D eigenvalue weighted by molar-refractivity contribution is 0.103. The quantitative estimate of drug-likeness (QED) is 0.794. The topological polar surface area (TPSA) is 29.1 Å². The summed E-state index contributed by atoms with van der Waals surface area (Å²) in [4.78, 5) is 12.4. The van der Waals surface area contributed by atoms with Crippen LogP contribution >= 0.6 is 45.5 Å². The molecule has 0 spiro atoms. The van der Waals surface area contributed by atoms with Crippen molar-refractivity contribution >= 4 is 57.1 Å². The highest BCUT2D eigenvalue weighted by Gasteiger charge is 2.08. The molecule has 2 rings (SSSR count). The van der Waals surface area contributed by atoms with E-state index in [0.717, 1.165) is 9.26 Å². The first kappa shape index (κ1) is 11.9. The monoisotopic (exact) mass is 363 g/mol. The minimum Gasteiger partial charge on any atom is -0.321 e. The Morgan fingerprint density at radius 2 is 2.12 bits per heavy atom. The summed E-state index contributed by atoms with van der Waals surface area (Å²) in [6.45, 7) is 0. The van der Waals surface area contributed by atoms with Gasteiger partial charge in [-0.05, 0) is 52.9 Å². The maximum atomic E-state index is 11.8. The maximum absolute atomic E-state index is 11.8. The Bertz CT molecular complexity index is 526. The van der Waals surface area contributed by atoms with Gasteiger partial charge in [0.05, 0.1) is 9.21 Å². The molecule has 0 radical (unpaired) electrons. The van der Waals surface area contributed by atoms with Crippen LogP contribution in [0.5, 0.6) is 0 Å². The van der Waals surface area contributed by atoms with Crippen molar-refractivity contribution in [3.8, 4) is 0 Å². The first-order valence-electron chi connectivity index (χ1n) is 4.47. The maximum Gasteiger partial charge on any atom is 0.265 e. The summed E-state index contributed by atoms with van der Waals surface area (Å²) in [5.74, 6) is -0.126. The predicted molar refractivity (Wildman–Crippen MR) is 76.4 cm³/mol. The van der Waals surface area contributed by atoms with E-state index in [1.165, 1.54) is 11.3 Å². The van der Waals surface area contributed by atoms with E-state index in [1.807, 2.05) is 24.3 Å². The smallest absolute Gasteiger partial charge is 0.265 e. The van der Waals surface area contributed by atoms with Gasteiger partial charge in [0.1, 0.15) is 0 Å². The molecule has 0 aliphatic carbocycles. The second kappa shape index (κ2) is 5.16. The summed E-state index contributed by atoms with van der Waals surface area (Å²) in [7, 11) is 0. The largest absolute Gasteiger partial charge is 0.321 e. The Labute approximate surface area is 116 Å². The average molecular weight is 364 g/mol. The SMILES string of the molecule is O=C(Nc1cccc(I)c1)c1ccc(Cl)s1. The molecule has 1 amide bonds. The normalized spacial score (nSPS) is 10.1. The molecule has 2 nitrogen and oxygen atoms in total. The molecule has 0 aliphatic rings. The number of halogens is 2. The van der Waals surface area contributed by atoms with Crippen LogP contribution in [0.25, 0.3) is 0 Å². The van der Waals surface area contributed by atoms with Gasteiger partial charge in [0.25, 0.3) is 5.91 Å². The highest BCUT2D eigenvalue weighted by molar-refractivity contribution is 14.1. The van der Waals surface area contributed by atoms with E-state index in [0.29, 0.717) is 9.21 Å². The number of nitrogens with one attached hydrogen (secondary N) is 1. The van der Waals surface area contributed by atoms with Crippen LogP contribution in [-0.2, 0) is 0 Å². The van der Waals surface area contributed by atoms with Crippen LogP contribution in [0.15, 0.2) is 36.4 Å². The van der Waals surface area contributed by atoms with Gasteiger partial charge in [-0.3, -0.25) is 4.79 Å². The van der Waals surface area contributed by atoms with Gasteiger partial charge in [0, 0.05) is 9.26 Å². The number of carbonyl (C=O) groups excluding carboxylic acids is 1. The summed E-state index contributed by atoms with van der Waals surface area (Å²) in [5, 5.41) is 2.82. The van der Waals surface area contributed by atoms with E-state index < -0.39 is 0 Å². The Hall–Kier alpha value is -0.590. The van der Waals surface area contributed by atoms with Crippen LogP contribution in [-0.4, -0.2) is 5.91 Å². The molecule has 0 atom stereocenters. The van der Waals surface area contributed by atoms with E-state index in [2.05, 4.69) is 27.9 Å². The molecule has 0 saturated carbocycles. The second-order valence-electron chi connectivity index (χ2n) is 3.07. The van der Waals surface area contributed by atoms with Crippen molar-refractivity contribution in [2.75, 3.05) is 5.32 Å². The summed E-state index contributed by atoms with van der Waals surface area (Å²) < 4.78 is 1.70. The molecule has 0 saturated heterocycles. The molecular weight excluding hydrogens is 357 g/mol. The second-order valence-corrected chi connectivity index (χ2v) is 6.03. The number of carbonyl (C=O) groups is 1. The highest BCUT2D eigenvalue weighted by Crippen LogP contribution is 2.22. The van der Waals surface area contributed by atoms with Crippen LogP contribution in [0.1, 0.15) is 9.67 Å². The van der Waals surface area contributed by atoms with Gasteiger partial charge >= 0.3 is 0 Å². The van der Waals surface area contributed by atoms with Crippen molar-refractivity contribution in [2.24, 2.45) is 0 Å². The van der Waals surface area contributed by atoms with Crippen LogP contribution in [0.4, 0.5) is 5.69 Å². The van der Waals surface area contributed by atoms with E-state index in [-0.39, 0.29) is 5.91 Å². The van der Waals surface area contributed by atoms with Gasteiger partial charge in [-0.15, -0.1) is 11.3 Å². The van der Waals surface area contributed by atoms with Gasteiger partial charge in [-0.2, -0.15) is 0 Å². The molecule has 1 N–H and O–H groups in total. The fourth-order valence-electron chi connectivity index (χ4n) is 1.20. The molecule has 16 heavy (non-hydrogen) atoms. The fraction of sp³-hybridized carbons (Fsp3) is 0. The number of benzene rings is 1. The number of hydrogen-bond donors (Lipinski definition) is 1. The summed E-state index contributed by atoms with van der Waals surface area (Å²) >= 11 is 9.24. The lowest BCUT2D eigenvalue weighted by atomic mass is 10.3. The molecule has 0 aliphatic heterocycles. The lowest BCUT2D eigenvalue weighted by Crippen LogP contribution is -2.09. The standard InChI is InChI=1S/C11H7ClINOS/c12-10-5-4-9(16-10)11(15)14-8-3-1-2-7(13)6-8/h1-6H,(H,14,15). The van der Waals surface area contributed by atoms with Crippen molar-refractivity contribution in [3.05, 3.63) is 49.2 Å². The summed E-state index contributed by atoms with van der Waals surface area (Å²) in [6, 6.07) is 11.1. The van der Waals surface area contributed by atoms with Crippen molar-refractivity contribution in [1.82, 2.24) is 0 Å². The van der Waals surface area contributed by atoms with Crippen LogP contribution in [0.2, 0.25) is 4.34 Å². The van der Waals surface area contributed by atoms with Gasteiger partial charge in [0.2, 0.25) is 0 Å². The van der Waals surface area contributed by atoms with Gasteiger partial charge in [0.15, 0.2) is 0 Å². The third-order valence-electron chi connectivity index (χ3n) is 1.88. The zero-order chi connectivity index (χ0) is 11.5. The number of thiophene rings is 1. The van der Waals surface area contributed by atoms with Crippen LogP contribution in [0, 0.1) is 3.57 Å². The van der Waals surface area contributed by atoms with Crippen molar-refractivity contribution in [2.45, 2.75) is 0 Å². The Kier molecular flexibility index (Phi) is 3.83. The van der Waals surface area contributed by atoms with Crippen LogP contribution < -0.4 is 5.32 Å². The minimum atomic E-state index is -0.126. The average Bonchev–Trinajstić information content (AvgIpc) is 2.65. The number of hydrogen-bond acceptors (Lipinski definition) is 2. The minimum absolute atomic E-state index is 0.126. The molecule has 82 valence electrons. The van der Waals surface area contributed by atoms with E-state index >= 15 is 0 Å². The first-order valence-corrected chi connectivity index (χ1v) is 6.75. The van der Waals surface area contributed by atoms with Gasteiger partial charge in [-0.25, -0.2) is 0 Å². The molecule has 1 aromatic carbocycles. The van der Waals surface area contributed by atoms with E-state index in [1.54, 1.807) is 12.1 Å². The third-order valence-corrected chi connectivity index (χ3v) is 3.78. The highest BCUT2D eigenvalue weighted by atomic mass is 127. The zero-order valence-electron chi connectivity index (χ0n) is 8.04. The van der Waals surface area contributed by atoms with Gasteiger partial charge in [-0.1, -0.05) is 17.7 Å². The number of anilines is 1.